The van der Waals surface area contributed by atoms with E-state index in [0.717, 1.165) is 0 Å². The number of hydrogen-bond acceptors (Lipinski definition) is 3. The Labute approximate surface area is 76.2 Å². The molecule has 4 heteroatoms. The Kier molecular flexibility index (Phi) is 2.84. The van der Waals surface area contributed by atoms with E-state index >= 15 is 0 Å². The Morgan fingerprint density at radius 1 is 1.69 bits per heavy atom. The molecule has 0 aliphatic rings. The molecule has 0 aliphatic heterocycles. The van der Waals surface area contributed by atoms with Crippen LogP contribution in [0.15, 0.2) is 18.5 Å². The summed E-state index contributed by atoms with van der Waals surface area (Å²) < 4.78 is 5.01. The lowest BCUT2D eigenvalue weighted by molar-refractivity contribution is -0.138. The first kappa shape index (κ1) is 9.51. The van der Waals surface area contributed by atoms with Gasteiger partial charge in [-0.05, 0) is 13.0 Å². The maximum Gasteiger partial charge on any atom is 0.310 e. The smallest absolute Gasteiger partial charge is 0.310 e. The number of rotatable bonds is 3. The van der Waals surface area contributed by atoms with E-state index in [2.05, 4.69) is 4.98 Å². The molecular weight excluding hydrogens is 170 g/mol. The molecular formula is C9H11NO3. The highest BCUT2D eigenvalue weighted by Gasteiger charge is 2.17. The largest absolute Gasteiger partial charge is 0.496 e. The number of carboxylic acids is 1. The first-order valence-electron chi connectivity index (χ1n) is 3.87. The Bertz CT molecular complexity index is 311. The van der Waals surface area contributed by atoms with Crippen molar-refractivity contribution in [1.82, 2.24) is 4.98 Å². The molecule has 0 amide bonds. The van der Waals surface area contributed by atoms with Crippen molar-refractivity contribution in [3.05, 3.63) is 24.0 Å². The fourth-order valence-corrected chi connectivity index (χ4v) is 1.04. The molecule has 1 aromatic rings. The molecule has 0 saturated heterocycles. The summed E-state index contributed by atoms with van der Waals surface area (Å²) in [5.74, 6) is -0.917. The third kappa shape index (κ3) is 1.96. The first-order chi connectivity index (χ1) is 6.16. The number of aliphatic carboxylic acids is 1. The summed E-state index contributed by atoms with van der Waals surface area (Å²) in [4.78, 5) is 14.5. The Hall–Kier alpha value is -1.58. The number of methoxy groups -OCH3 is 1. The van der Waals surface area contributed by atoms with Crippen molar-refractivity contribution in [1.29, 1.82) is 0 Å². The second-order valence-corrected chi connectivity index (χ2v) is 2.68. The van der Waals surface area contributed by atoms with Gasteiger partial charge >= 0.3 is 5.97 Å². The molecule has 0 bridgehead atoms. The first-order valence-corrected chi connectivity index (χ1v) is 3.87. The average molecular weight is 181 g/mol. The van der Waals surface area contributed by atoms with Gasteiger partial charge in [0.15, 0.2) is 0 Å². The standard InChI is InChI=1S/C9H11NO3/c1-6(9(11)12)7-5-10-4-3-8(7)13-2/h3-6H,1-2H3,(H,11,12). The monoisotopic (exact) mass is 181 g/mol. The van der Waals surface area contributed by atoms with Crippen molar-refractivity contribution in [2.24, 2.45) is 0 Å². The van der Waals surface area contributed by atoms with Crippen LogP contribution in [0.5, 0.6) is 5.75 Å². The molecule has 4 nitrogen and oxygen atoms in total. The molecule has 0 saturated carbocycles. The van der Waals surface area contributed by atoms with Gasteiger partial charge in [-0.25, -0.2) is 0 Å². The van der Waals surface area contributed by atoms with Crippen LogP contribution < -0.4 is 4.74 Å². The summed E-state index contributed by atoms with van der Waals surface area (Å²) in [6.07, 6.45) is 3.08. The van der Waals surface area contributed by atoms with Crippen LogP contribution in [0.4, 0.5) is 0 Å². The molecule has 1 unspecified atom stereocenters. The molecule has 1 N–H and O–H groups in total. The van der Waals surface area contributed by atoms with Gasteiger partial charge in [0.25, 0.3) is 0 Å². The minimum Gasteiger partial charge on any atom is -0.496 e. The van der Waals surface area contributed by atoms with E-state index in [9.17, 15) is 4.79 Å². The van der Waals surface area contributed by atoms with Crippen molar-refractivity contribution in [3.8, 4) is 5.75 Å². The third-order valence-corrected chi connectivity index (χ3v) is 1.87. The Morgan fingerprint density at radius 3 is 2.92 bits per heavy atom. The van der Waals surface area contributed by atoms with E-state index in [1.54, 1.807) is 19.2 Å². The van der Waals surface area contributed by atoms with Crippen LogP contribution >= 0.6 is 0 Å². The zero-order valence-electron chi connectivity index (χ0n) is 7.52. The van der Waals surface area contributed by atoms with E-state index in [4.69, 9.17) is 9.84 Å². The quantitative estimate of drug-likeness (QED) is 0.763. The molecule has 70 valence electrons. The maximum absolute atomic E-state index is 10.7. The minimum absolute atomic E-state index is 0.560. The summed E-state index contributed by atoms with van der Waals surface area (Å²) in [7, 11) is 1.51. The predicted octanol–water partition coefficient (Wildman–Crippen LogP) is 1.28. The van der Waals surface area contributed by atoms with Crippen LogP contribution in [-0.2, 0) is 4.79 Å². The van der Waals surface area contributed by atoms with E-state index in [-0.39, 0.29) is 0 Å². The van der Waals surface area contributed by atoms with Gasteiger partial charge in [-0.2, -0.15) is 0 Å². The van der Waals surface area contributed by atoms with Crippen LogP contribution in [0.1, 0.15) is 18.4 Å². The highest BCUT2D eigenvalue weighted by molar-refractivity contribution is 5.76. The number of ether oxygens (including phenoxy) is 1. The van der Waals surface area contributed by atoms with E-state index < -0.39 is 11.9 Å². The second-order valence-electron chi connectivity index (χ2n) is 2.68. The lowest BCUT2D eigenvalue weighted by Gasteiger charge is -2.10. The van der Waals surface area contributed by atoms with Gasteiger partial charge in [0.1, 0.15) is 5.75 Å². The third-order valence-electron chi connectivity index (χ3n) is 1.87. The van der Waals surface area contributed by atoms with Gasteiger partial charge in [-0.15, -0.1) is 0 Å². The number of pyridine rings is 1. The second kappa shape index (κ2) is 3.89. The van der Waals surface area contributed by atoms with Crippen molar-refractivity contribution < 1.29 is 14.6 Å². The molecule has 1 atom stereocenters. The Morgan fingerprint density at radius 2 is 2.38 bits per heavy atom. The number of hydrogen-bond donors (Lipinski definition) is 1. The topological polar surface area (TPSA) is 59.4 Å². The van der Waals surface area contributed by atoms with Gasteiger partial charge in [-0.1, -0.05) is 0 Å². The summed E-state index contributed by atoms with van der Waals surface area (Å²) in [6.45, 7) is 1.60. The zero-order valence-corrected chi connectivity index (χ0v) is 7.52. The van der Waals surface area contributed by atoms with Crippen LogP contribution in [0.3, 0.4) is 0 Å². The zero-order chi connectivity index (χ0) is 9.84. The SMILES string of the molecule is COc1ccncc1C(C)C(=O)O. The highest BCUT2D eigenvalue weighted by atomic mass is 16.5. The van der Waals surface area contributed by atoms with Crippen molar-refractivity contribution in [2.75, 3.05) is 7.11 Å². The normalized spacial score (nSPS) is 12.2. The van der Waals surface area contributed by atoms with E-state index in [1.807, 2.05) is 0 Å². The summed E-state index contributed by atoms with van der Waals surface area (Å²) in [5, 5.41) is 8.77. The number of aromatic nitrogens is 1. The van der Waals surface area contributed by atoms with E-state index in [0.29, 0.717) is 11.3 Å². The van der Waals surface area contributed by atoms with Gasteiger partial charge in [-0.3, -0.25) is 9.78 Å². The molecule has 1 rings (SSSR count). The lowest BCUT2D eigenvalue weighted by atomic mass is 10.0. The van der Waals surface area contributed by atoms with Gasteiger partial charge in [0.2, 0.25) is 0 Å². The van der Waals surface area contributed by atoms with Gasteiger partial charge in [0, 0.05) is 18.0 Å². The van der Waals surface area contributed by atoms with Gasteiger partial charge < -0.3 is 9.84 Å². The fourth-order valence-electron chi connectivity index (χ4n) is 1.04. The summed E-state index contributed by atoms with van der Waals surface area (Å²) in [5.41, 5.74) is 0.595. The molecule has 0 radical (unpaired) electrons. The van der Waals surface area contributed by atoms with Crippen molar-refractivity contribution in [3.63, 3.8) is 0 Å². The van der Waals surface area contributed by atoms with Crippen LogP contribution in [0.25, 0.3) is 0 Å². The molecule has 1 aromatic heterocycles. The molecule has 0 aromatic carbocycles. The Balaban J connectivity index is 3.05. The summed E-state index contributed by atoms with van der Waals surface area (Å²) in [6, 6.07) is 1.65. The highest BCUT2D eigenvalue weighted by Crippen LogP contribution is 2.24. The summed E-state index contributed by atoms with van der Waals surface area (Å²) >= 11 is 0. The van der Waals surface area contributed by atoms with Crippen molar-refractivity contribution in [2.45, 2.75) is 12.8 Å². The fraction of sp³-hybridized carbons (Fsp3) is 0.333. The molecule has 0 aliphatic carbocycles. The minimum atomic E-state index is -0.883. The van der Waals surface area contributed by atoms with Crippen LogP contribution in [-0.4, -0.2) is 23.2 Å². The molecule has 0 fully saturated rings. The van der Waals surface area contributed by atoms with Crippen LogP contribution in [0, 0.1) is 0 Å². The van der Waals surface area contributed by atoms with Crippen LogP contribution in [0.2, 0.25) is 0 Å². The van der Waals surface area contributed by atoms with Crippen molar-refractivity contribution >= 4 is 5.97 Å². The number of carboxylic acid groups (broad SMARTS) is 1. The molecule has 1 heterocycles. The lowest BCUT2D eigenvalue weighted by Crippen LogP contribution is -2.09. The van der Waals surface area contributed by atoms with Gasteiger partial charge in [0.05, 0.1) is 13.0 Å². The number of carbonyl (C=O) groups is 1. The maximum atomic E-state index is 10.7. The molecule has 0 spiro atoms. The average Bonchev–Trinajstić information content (AvgIpc) is 2.16. The predicted molar refractivity (Wildman–Crippen MR) is 46.8 cm³/mol. The van der Waals surface area contributed by atoms with E-state index in [1.165, 1.54) is 13.3 Å². The number of nitrogens with zero attached hydrogens (tertiary/aromatic N) is 1. The molecule has 13 heavy (non-hydrogen) atoms.